The highest BCUT2D eigenvalue weighted by atomic mass is 16.4. The van der Waals surface area contributed by atoms with Crippen LogP contribution in [0.25, 0.3) is 0 Å². The standard InChI is InChI=1S/C10H20O2.CH4/c1-10(2,3)8-6-4-5-7-9(11)12;/h4-8H2,1-3H3,(H,11,12);1H4. The van der Waals surface area contributed by atoms with Crippen molar-refractivity contribution >= 4 is 5.97 Å². The topological polar surface area (TPSA) is 37.3 Å². The van der Waals surface area contributed by atoms with Crippen LogP contribution in [0.1, 0.15) is 60.3 Å². The minimum atomic E-state index is -0.675. The molecular formula is C11H24O2. The number of carboxylic acids is 1. The van der Waals surface area contributed by atoms with E-state index < -0.39 is 5.97 Å². The summed E-state index contributed by atoms with van der Waals surface area (Å²) in [4.78, 5) is 10.2. The summed E-state index contributed by atoms with van der Waals surface area (Å²) < 4.78 is 0. The highest BCUT2D eigenvalue weighted by molar-refractivity contribution is 5.66. The fourth-order valence-corrected chi connectivity index (χ4v) is 1.11. The lowest BCUT2D eigenvalue weighted by atomic mass is 9.89. The van der Waals surface area contributed by atoms with Crippen LogP contribution in [-0.2, 0) is 4.79 Å². The number of carboxylic acid groups (broad SMARTS) is 1. The highest BCUT2D eigenvalue weighted by Crippen LogP contribution is 2.22. The van der Waals surface area contributed by atoms with Crippen molar-refractivity contribution < 1.29 is 9.90 Å². The van der Waals surface area contributed by atoms with Crippen molar-refractivity contribution in [2.24, 2.45) is 5.41 Å². The van der Waals surface area contributed by atoms with E-state index in [-0.39, 0.29) is 7.43 Å². The van der Waals surface area contributed by atoms with E-state index in [4.69, 9.17) is 5.11 Å². The third-order valence-corrected chi connectivity index (χ3v) is 1.82. The zero-order valence-corrected chi connectivity index (χ0v) is 8.39. The van der Waals surface area contributed by atoms with Gasteiger partial charge >= 0.3 is 5.97 Å². The molecule has 0 rings (SSSR count). The predicted octanol–water partition coefficient (Wildman–Crippen LogP) is 3.70. The van der Waals surface area contributed by atoms with E-state index >= 15 is 0 Å². The lowest BCUT2D eigenvalue weighted by molar-refractivity contribution is -0.137. The fraction of sp³-hybridized carbons (Fsp3) is 0.909. The van der Waals surface area contributed by atoms with Crippen LogP contribution in [0, 0.1) is 5.41 Å². The van der Waals surface area contributed by atoms with Crippen molar-refractivity contribution in [2.45, 2.75) is 60.3 Å². The summed E-state index contributed by atoms with van der Waals surface area (Å²) in [5, 5.41) is 8.37. The van der Waals surface area contributed by atoms with Gasteiger partial charge in [-0.1, -0.05) is 41.0 Å². The molecule has 0 radical (unpaired) electrons. The zero-order chi connectivity index (χ0) is 9.61. The number of carbonyl (C=O) groups is 1. The molecule has 0 aliphatic heterocycles. The summed E-state index contributed by atoms with van der Waals surface area (Å²) in [7, 11) is 0. The summed E-state index contributed by atoms with van der Waals surface area (Å²) in [6, 6.07) is 0. The van der Waals surface area contributed by atoms with Gasteiger partial charge in [0.15, 0.2) is 0 Å². The summed E-state index contributed by atoms with van der Waals surface area (Å²) in [5.74, 6) is -0.675. The van der Waals surface area contributed by atoms with Gasteiger partial charge in [0, 0.05) is 6.42 Å². The van der Waals surface area contributed by atoms with Crippen LogP contribution in [0.3, 0.4) is 0 Å². The highest BCUT2D eigenvalue weighted by Gasteiger charge is 2.08. The Labute approximate surface area is 82.4 Å². The minimum Gasteiger partial charge on any atom is -0.481 e. The van der Waals surface area contributed by atoms with Crippen LogP contribution >= 0.6 is 0 Å². The molecule has 0 bridgehead atoms. The molecule has 0 atom stereocenters. The van der Waals surface area contributed by atoms with E-state index in [1.165, 1.54) is 6.42 Å². The SMILES string of the molecule is C.CC(C)(C)CCCCCC(=O)O. The normalized spacial score (nSPS) is 10.7. The second-order valence-corrected chi connectivity index (χ2v) is 4.52. The molecular weight excluding hydrogens is 164 g/mol. The van der Waals surface area contributed by atoms with Crippen molar-refractivity contribution in [3.8, 4) is 0 Å². The molecule has 0 fully saturated rings. The lowest BCUT2D eigenvalue weighted by Gasteiger charge is -2.17. The van der Waals surface area contributed by atoms with E-state index in [0.29, 0.717) is 11.8 Å². The van der Waals surface area contributed by atoms with Crippen LogP contribution in [0.2, 0.25) is 0 Å². The summed E-state index contributed by atoms with van der Waals surface area (Å²) in [6.07, 6.45) is 4.53. The average Bonchev–Trinajstić information content (AvgIpc) is 1.83. The minimum absolute atomic E-state index is 0. The average molecular weight is 188 g/mol. The molecule has 2 nitrogen and oxygen atoms in total. The van der Waals surface area contributed by atoms with Gasteiger partial charge in [0.05, 0.1) is 0 Å². The first-order chi connectivity index (χ1) is 5.42. The molecule has 0 spiro atoms. The Balaban J connectivity index is 0. The number of aliphatic carboxylic acids is 1. The molecule has 0 aromatic carbocycles. The van der Waals surface area contributed by atoms with E-state index in [2.05, 4.69) is 20.8 Å². The molecule has 0 aromatic heterocycles. The van der Waals surface area contributed by atoms with E-state index in [0.717, 1.165) is 19.3 Å². The molecule has 1 N–H and O–H groups in total. The molecule has 0 aromatic rings. The Morgan fingerprint density at radius 2 is 1.69 bits per heavy atom. The third kappa shape index (κ3) is 14.3. The van der Waals surface area contributed by atoms with Crippen LogP contribution in [0.4, 0.5) is 0 Å². The largest absolute Gasteiger partial charge is 0.481 e. The Hall–Kier alpha value is -0.530. The van der Waals surface area contributed by atoms with Gasteiger partial charge in [0.25, 0.3) is 0 Å². The lowest BCUT2D eigenvalue weighted by Crippen LogP contribution is -2.04. The first-order valence-corrected chi connectivity index (χ1v) is 4.63. The van der Waals surface area contributed by atoms with Crippen molar-refractivity contribution in [1.29, 1.82) is 0 Å². The van der Waals surface area contributed by atoms with Gasteiger partial charge in [-0.3, -0.25) is 4.79 Å². The second-order valence-electron chi connectivity index (χ2n) is 4.52. The van der Waals surface area contributed by atoms with E-state index in [9.17, 15) is 4.79 Å². The van der Waals surface area contributed by atoms with Gasteiger partial charge < -0.3 is 5.11 Å². The fourth-order valence-electron chi connectivity index (χ4n) is 1.11. The van der Waals surface area contributed by atoms with Crippen LogP contribution in [-0.4, -0.2) is 11.1 Å². The Morgan fingerprint density at radius 3 is 2.08 bits per heavy atom. The van der Waals surface area contributed by atoms with Gasteiger partial charge in [0.2, 0.25) is 0 Å². The molecule has 0 amide bonds. The Morgan fingerprint density at radius 1 is 1.15 bits per heavy atom. The van der Waals surface area contributed by atoms with Gasteiger partial charge in [-0.05, 0) is 18.3 Å². The molecule has 2 heteroatoms. The van der Waals surface area contributed by atoms with Crippen molar-refractivity contribution in [1.82, 2.24) is 0 Å². The molecule has 80 valence electrons. The Kier molecular flexibility index (Phi) is 7.98. The summed E-state index contributed by atoms with van der Waals surface area (Å²) in [5.41, 5.74) is 0.392. The monoisotopic (exact) mass is 188 g/mol. The zero-order valence-electron chi connectivity index (χ0n) is 8.39. The van der Waals surface area contributed by atoms with Crippen LogP contribution < -0.4 is 0 Å². The van der Waals surface area contributed by atoms with Crippen molar-refractivity contribution in [3.63, 3.8) is 0 Å². The first-order valence-electron chi connectivity index (χ1n) is 4.63. The number of rotatable bonds is 5. The van der Waals surface area contributed by atoms with Crippen molar-refractivity contribution in [3.05, 3.63) is 0 Å². The molecule has 0 saturated carbocycles. The van der Waals surface area contributed by atoms with Gasteiger partial charge in [-0.15, -0.1) is 0 Å². The molecule has 13 heavy (non-hydrogen) atoms. The molecule has 0 aliphatic rings. The molecule has 0 saturated heterocycles. The molecule has 0 heterocycles. The molecule has 0 aliphatic carbocycles. The van der Waals surface area contributed by atoms with E-state index in [1.54, 1.807) is 0 Å². The van der Waals surface area contributed by atoms with Gasteiger partial charge in [0.1, 0.15) is 0 Å². The van der Waals surface area contributed by atoms with E-state index in [1.807, 2.05) is 0 Å². The summed E-state index contributed by atoms with van der Waals surface area (Å²) >= 11 is 0. The third-order valence-electron chi connectivity index (χ3n) is 1.82. The van der Waals surface area contributed by atoms with Gasteiger partial charge in [-0.25, -0.2) is 0 Å². The van der Waals surface area contributed by atoms with Crippen molar-refractivity contribution in [2.75, 3.05) is 0 Å². The maximum Gasteiger partial charge on any atom is 0.303 e. The second kappa shape index (κ2) is 6.93. The van der Waals surface area contributed by atoms with Crippen LogP contribution in [0.15, 0.2) is 0 Å². The summed E-state index contributed by atoms with van der Waals surface area (Å²) in [6.45, 7) is 6.64. The van der Waals surface area contributed by atoms with Crippen LogP contribution in [0.5, 0.6) is 0 Å². The maximum absolute atomic E-state index is 10.2. The number of hydrogen-bond acceptors (Lipinski definition) is 1. The maximum atomic E-state index is 10.2. The molecule has 0 unspecified atom stereocenters. The predicted molar refractivity (Wildman–Crippen MR) is 56.9 cm³/mol. The Bertz CT molecular complexity index is 134. The first kappa shape index (κ1) is 15.0. The smallest absolute Gasteiger partial charge is 0.303 e. The number of unbranched alkanes of at least 4 members (excludes halogenated alkanes) is 2. The van der Waals surface area contributed by atoms with Gasteiger partial charge in [-0.2, -0.15) is 0 Å². The number of hydrogen-bond donors (Lipinski definition) is 1. The quantitative estimate of drug-likeness (QED) is 0.668.